The molecule has 3 amide bonds. The average molecular weight is 693 g/mol. The molecule has 0 bridgehead atoms. The summed E-state index contributed by atoms with van der Waals surface area (Å²) in [7, 11) is 0. The van der Waals surface area contributed by atoms with Crippen LogP contribution in [0.1, 0.15) is 80.3 Å². The number of nitrogens with one attached hydrogen (secondary N) is 5. The number of benzene rings is 3. The third-order valence-corrected chi connectivity index (χ3v) is 9.52. The van der Waals surface area contributed by atoms with Crippen LogP contribution in [0.15, 0.2) is 78.9 Å². The molecule has 3 aromatic rings. The van der Waals surface area contributed by atoms with Gasteiger partial charge in [-0.15, -0.1) is 0 Å². The monoisotopic (exact) mass is 692 g/mol. The lowest BCUT2D eigenvalue weighted by atomic mass is 9.87. The van der Waals surface area contributed by atoms with E-state index in [2.05, 4.69) is 44.8 Å². The van der Waals surface area contributed by atoms with Gasteiger partial charge in [-0.2, -0.15) is 5.26 Å². The first-order valence-electron chi connectivity index (χ1n) is 18.1. The van der Waals surface area contributed by atoms with Crippen molar-refractivity contribution >= 4 is 17.7 Å². The van der Waals surface area contributed by atoms with Crippen LogP contribution in [-0.4, -0.2) is 61.6 Å². The Bertz CT molecular complexity index is 1660. The van der Waals surface area contributed by atoms with E-state index in [9.17, 15) is 14.4 Å². The Labute approximate surface area is 302 Å². The molecule has 0 spiro atoms. The van der Waals surface area contributed by atoms with Gasteiger partial charge in [0.05, 0.1) is 48.9 Å². The van der Waals surface area contributed by atoms with Gasteiger partial charge >= 0.3 is 0 Å². The molecule has 2 aliphatic rings. The lowest BCUT2D eigenvalue weighted by Gasteiger charge is -2.44. The zero-order valence-electron chi connectivity index (χ0n) is 30.1. The van der Waals surface area contributed by atoms with Crippen LogP contribution in [0.4, 0.5) is 0 Å². The molecule has 0 aromatic heterocycles. The molecule has 0 radical (unpaired) electrons. The molecule has 1 aliphatic heterocycles. The SMILES string of the molecule is CC(C)(C)CNC(=O)CC(NC1(CNCc2ccc(C#N)cc2)COC1)C(=O)NC(CCc1ccccc1)C(=O)N[C@@H]1CCCc2ccccc21. The van der Waals surface area contributed by atoms with Crippen molar-refractivity contribution < 1.29 is 19.1 Å². The Balaban J connectivity index is 1.31. The van der Waals surface area contributed by atoms with Gasteiger partial charge in [0.2, 0.25) is 17.7 Å². The second-order valence-corrected chi connectivity index (χ2v) is 15.2. The first-order valence-corrected chi connectivity index (χ1v) is 18.1. The van der Waals surface area contributed by atoms with Crippen molar-refractivity contribution in [1.82, 2.24) is 26.6 Å². The van der Waals surface area contributed by atoms with Crippen molar-refractivity contribution in [2.75, 3.05) is 26.3 Å². The molecule has 10 nitrogen and oxygen atoms in total. The van der Waals surface area contributed by atoms with Crippen LogP contribution in [-0.2, 0) is 38.5 Å². The summed E-state index contributed by atoms with van der Waals surface area (Å²) in [6.07, 6.45) is 3.69. The fourth-order valence-electron chi connectivity index (χ4n) is 6.60. The van der Waals surface area contributed by atoms with Crippen LogP contribution in [0.25, 0.3) is 0 Å². The quantitative estimate of drug-likeness (QED) is 0.151. The predicted molar refractivity (Wildman–Crippen MR) is 197 cm³/mol. The first kappa shape index (κ1) is 37.7. The molecule has 3 atom stereocenters. The number of nitriles is 1. The number of carbonyl (C=O) groups excluding carboxylic acids is 3. The molecular weight excluding hydrogens is 640 g/mol. The normalized spacial score (nSPS) is 17.5. The van der Waals surface area contributed by atoms with Crippen LogP contribution >= 0.6 is 0 Å². The Kier molecular flexibility index (Phi) is 13.0. The largest absolute Gasteiger partial charge is 0.377 e. The van der Waals surface area contributed by atoms with Crippen molar-refractivity contribution in [2.24, 2.45) is 5.41 Å². The molecule has 2 unspecified atom stereocenters. The van der Waals surface area contributed by atoms with Crippen molar-refractivity contribution in [2.45, 2.75) is 89.5 Å². The maximum absolute atomic E-state index is 14.2. The number of amides is 3. The fraction of sp³-hybridized carbons (Fsp3) is 0.463. The minimum atomic E-state index is -0.909. The summed E-state index contributed by atoms with van der Waals surface area (Å²) in [5, 5.41) is 25.3. The fourth-order valence-corrected chi connectivity index (χ4v) is 6.60. The van der Waals surface area contributed by atoms with Crippen molar-refractivity contribution in [3.63, 3.8) is 0 Å². The lowest BCUT2D eigenvalue weighted by Crippen LogP contribution is -2.70. The van der Waals surface area contributed by atoms with Crippen molar-refractivity contribution in [3.05, 3.63) is 107 Å². The summed E-state index contributed by atoms with van der Waals surface area (Å²) >= 11 is 0. The van der Waals surface area contributed by atoms with Gasteiger partial charge < -0.3 is 26.0 Å². The van der Waals surface area contributed by atoms with Gasteiger partial charge in [0.25, 0.3) is 0 Å². The van der Waals surface area contributed by atoms with E-state index in [1.54, 1.807) is 12.1 Å². The molecule has 270 valence electrons. The highest BCUT2D eigenvalue weighted by molar-refractivity contribution is 5.92. The second-order valence-electron chi connectivity index (χ2n) is 15.2. The zero-order valence-corrected chi connectivity index (χ0v) is 30.1. The third-order valence-electron chi connectivity index (χ3n) is 9.52. The van der Waals surface area contributed by atoms with Crippen LogP contribution in [0.2, 0.25) is 0 Å². The molecule has 1 aliphatic carbocycles. The number of nitrogens with zero attached hydrogens (tertiary/aromatic N) is 1. The van der Waals surface area contributed by atoms with E-state index >= 15 is 0 Å². The van der Waals surface area contributed by atoms with Gasteiger partial charge in [-0.3, -0.25) is 19.7 Å². The summed E-state index contributed by atoms with van der Waals surface area (Å²) in [5.74, 6) is -0.887. The Morgan fingerprint density at radius 2 is 1.65 bits per heavy atom. The van der Waals surface area contributed by atoms with E-state index in [-0.39, 0.29) is 29.7 Å². The number of hydrogen-bond donors (Lipinski definition) is 5. The zero-order chi connectivity index (χ0) is 36.3. The van der Waals surface area contributed by atoms with E-state index in [0.717, 1.165) is 36.0 Å². The van der Waals surface area contributed by atoms with Gasteiger partial charge in [-0.1, -0.05) is 87.5 Å². The Morgan fingerprint density at radius 3 is 2.33 bits per heavy atom. The highest BCUT2D eigenvalue weighted by atomic mass is 16.5. The van der Waals surface area contributed by atoms with Crippen molar-refractivity contribution in [3.8, 4) is 6.07 Å². The van der Waals surface area contributed by atoms with E-state index in [4.69, 9.17) is 10.00 Å². The van der Waals surface area contributed by atoms with Gasteiger partial charge in [-0.25, -0.2) is 0 Å². The molecule has 51 heavy (non-hydrogen) atoms. The van der Waals surface area contributed by atoms with Gasteiger partial charge in [0.1, 0.15) is 6.04 Å². The minimum absolute atomic E-state index is 0.0949. The molecule has 3 aromatic carbocycles. The lowest BCUT2D eigenvalue weighted by molar-refractivity contribution is -0.135. The number of carbonyl (C=O) groups is 3. The second kappa shape index (κ2) is 17.6. The van der Waals surface area contributed by atoms with E-state index in [0.29, 0.717) is 51.3 Å². The summed E-state index contributed by atoms with van der Waals surface area (Å²) in [5.41, 5.74) is 4.34. The van der Waals surface area contributed by atoms with E-state index in [1.807, 2.05) is 75.4 Å². The van der Waals surface area contributed by atoms with Crippen LogP contribution < -0.4 is 26.6 Å². The number of ether oxygens (including phenoxy) is 1. The molecule has 1 fully saturated rings. The predicted octanol–water partition coefficient (Wildman–Crippen LogP) is 4.24. The van der Waals surface area contributed by atoms with E-state index < -0.39 is 23.5 Å². The maximum atomic E-state index is 14.2. The van der Waals surface area contributed by atoms with Gasteiger partial charge in [0.15, 0.2) is 0 Å². The third kappa shape index (κ3) is 11.2. The van der Waals surface area contributed by atoms with Crippen molar-refractivity contribution in [1.29, 1.82) is 5.26 Å². The topological polar surface area (TPSA) is 144 Å². The summed E-state index contributed by atoms with van der Waals surface area (Å²) in [6.45, 7) is 8.35. The first-order chi connectivity index (χ1) is 24.5. The maximum Gasteiger partial charge on any atom is 0.243 e. The standard InChI is InChI=1S/C41H52N6O4/c1-40(2,3)25-44-37(48)22-36(47-41(27-51-28-41)26-43-24-31-18-16-30(23-42)17-19-31)39(50)46-35(21-20-29-10-5-4-6-11-29)38(49)45-34-15-9-13-32-12-7-8-14-33(32)34/h4-8,10-12,14,16-19,34-36,43,47H,9,13,15,20-22,24-28H2,1-3H3,(H,44,48)(H,45,49)(H,46,50)/t34-,35?,36?/m1/s1. The molecule has 5 rings (SSSR count). The van der Waals surface area contributed by atoms with Gasteiger partial charge in [0, 0.05) is 19.6 Å². The molecular formula is C41H52N6O4. The summed E-state index contributed by atoms with van der Waals surface area (Å²) < 4.78 is 5.63. The Hall–Kier alpha value is -4.56. The van der Waals surface area contributed by atoms with Gasteiger partial charge in [-0.05, 0) is 71.9 Å². The number of hydrogen-bond acceptors (Lipinski definition) is 7. The van der Waals surface area contributed by atoms with Crippen LogP contribution in [0, 0.1) is 16.7 Å². The number of rotatable bonds is 16. The number of fused-ring (bicyclic) bond motifs is 1. The summed E-state index contributed by atoms with van der Waals surface area (Å²) in [4.78, 5) is 41.6. The summed E-state index contributed by atoms with van der Waals surface area (Å²) in [6, 6.07) is 25.8. The highest BCUT2D eigenvalue weighted by Crippen LogP contribution is 2.29. The Morgan fingerprint density at radius 1 is 0.922 bits per heavy atom. The molecule has 5 N–H and O–H groups in total. The number of aryl methyl sites for hydroxylation is 2. The molecule has 1 heterocycles. The van der Waals surface area contributed by atoms with Crippen LogP contribution in [0.3, 0.4) is 0 Å². The highest BCUT2D eigenvalue weighted by Gasteiger charge is 2.42. The minimum Gasteiger partial charge on any atom is -0.377 e. The van der Waals surface area contributed by atoms with Crippen LogP contribution in [0.5, 0.6) is 0 Å². The molecule has 0 saturated carbocycles. The average Bonchev–Trinajstić information content (AvgIpc) is 3.11. The molecule has 1 saturated heterocycles. The van der Waals surface area contributed by atoms with E-state index in [1.165, 1.54) is 5.56 Å². The smallest absolute Gasteiger partial charge is 0.243 e. The molecule has 10 heteroatoms.